The number of aromatic nitrogens is 1. The van der Waals surface area contributed by atoms with E-state index in [-0.39, 0.29) is 17.4 Å². The number of fused-ring (bicyclic) bond motifs is 3. The van der Waals surface area contributed by atoms with E-state index in [4.69, 9.17) is 0 Å². The lowest BCUT2D eigenvalue weighted by Crippen LogP contribution is -2.56. The van der Waals surface area contributed by atoms with E-state index in [0.29, 0.717) is 13.0 Å². The fourth-order valence-corrected chi connectivity index (χ4v) is 9.35. The van der Waals surface area contributed by atoms with E-state index in [0.717, 1.165) is 46.3 Å². The molecule has 192 valence electrons. The first-order valence-electron chi connectivity index (χ1n) is 14.0. The third-order valence-corrected chi connectivity index (χ3v) is 10.1. The molecule has 1 aromatic heterocycles. The van der Waals surface area contributed by atoms with E-state index >= 15 is 0 Å². The number of aliphatic carboxylic acids is 1. The molecule has 37 heavy (non-hydrogen) atoms. The highest BCUT2D eigenvalue weighted by atomic mass is 16.4. The number of carbonyl (C=O) groups is 2. The molecule has 2 heterocycles. The molecule has 5 nitrogen and oxygen atoms in total. The summed E-state index contributed by atoms with van der Waals surface area (Å²) in [6, 6.07) is 17.6. The van der Waals surface area contributed by atoms with Gasteiger partial charge < -0.3 is 19.4 Å². The van der Waals surface area contributed by atoms with Gasteiger partial charge in [0.15, 0.2) is 0 Å². The Labute approximate surface area is 218 Å². The molecular weight excluding hydrogens is 460 g/mol. The van der Waals surface area contributed by atoms with Crippen molar-refractivity contribution in [3.05, 3.63) is 71.4 Å². The summed E-state index contributed by atoms with van der Waals surface area (Å²) in [6.45, 7) is 2.24. The van der Waals surface area contributed by atoms with Crippen LogP contribution in [0.2, 0.25) is 0 Å². The van der Waals surface area contributed by atoms with Gasteiger partial charge in [0.05, 0.1) is 18.1 Å². The molecule has 4 aliphatic carbocycles. The van der Waals surface area contributed by atoms with Crippen LogP contribution in [0.25, 0.3) is 10.9 Å². The maximum atomic E-state index is 13.2. The number of rotatable bonds is 5. The van der Waals surface area contributed by atoms with Crippen LogP contribution in [0.15, 0.2) is 54.6 Å². The maximum absolute atomic E-state index is 13.2. The summed E-state index contributed by atoms with van der Waals surface area (Å²) in [6.07, 6.45) is 8.93. The van der Waals surface area contributed by atoms with Gasteiger partial charge in [-0.2, -0.15) is 0 Å². The minimum atomic E-state index is -1.14. The highest BCUT2D eigenvalue weighted by Gasteiger charge is 2.53. The molecule has 2 atom stereocenters. The van der Waals surface area contributed by atoms with Gasteiger partial charge in [0, 0.05) is 36.5 Å². The monoisotopic (exact) mass is 495 g/mol. The van der Waals surface area contributed by atoms with Crippen LogP contribution in [-0.2, 0) is 22.6 Å². The molecule has 2 unspecified atom stereocenters. The zero-order chi connectivity index (χ0) is 25.3. The van der Waals surface area contributed by atoms with Crippen molar-refractivity contribution >= 4 is 22.8 Å². The minimum absolute atomic E-state index is 0.161. The Bertz CT molecular complexity index is 1340. The van der Waals surface area contributed by atoms with Gasteiger partial charge in [-0.3, -0.25) is 4.79 Å². The Morgan fingerprint density at radius 1 is 0.919 bits per heavy atom. The molecule has 0 spiro atoms. The van der Waals surface area contributed by atoms with Crippen LogP contribution in [0.4, 0.5) is 0 Å². The van der Waals surface area contributed by atoms with Crippen molar-refractivity contribution in [2.45, 2.75) is 76.9 Å². The summed E-state index contributed by atoms with van der Waals surface area (Å²) in [4.78, 5) is 27.4. The van der Waals surface area contributed by atoms with Gasteiger partial charge in [-0.05, 0) is 85.3 Å². The normalized spacial score (nSPS) is 32.0. The summed E-state index contributed by atoms with van der Waals surface area (Å²) in [5.41, 5.74) is 4.76. The summed E-state index contributed by atoms with van der Waals surface area (Å²) >= 11 is 0. The first kappa shape index (κ1) is 23.1. The molecular formula is C32H35N2O3-. The Morgan fingerprint density at radius 3 is 2.16 bits per heavy atom. The van der Waals surface area contributed by atoms with Gasteiger partial charge >= 0.3 is 0 Å². The van der Waals surface area contributed by atoms with Crippen molar-refractivity contribution in [1.82, 2.24) is 9.47 Å². The van der Waals surface area contributed by atoms with Crippen LogP contribution in [0, 0.1) is 23.2 Å². The summed E-state index contributed by atoms with van der Waals surface area (Å²) < 4.78 is 2.38. The number of carboxylic acids is 1. The number of para-hydroxylation sites is 1. The molecule has 0 N–H and O–H groups in total. The number of nitrogens with zero attached hydrogens (tertiary/aromatic N) is 2. The highest BCUT2D eigenvalue weighted by molar-refractivity contribution is 5.89. The zero-order valence-corrected chi connectivity index (χ0v) is 21.6. The number of amides is 1. The first-order valence-corrected chi connectivity index (χ1v) is 14.0. The second-order valence-corrected chi connectivity index (χ2v) is 12.6. The number of carbonyl (C=O) groups excluding carboxylic acids is 2. The highest BCUT2D eigenvalue weighted by Crippen LogP contribution is 2.63. The van der Waals surface area contributed by atoms with Crippen molar-refractivity contribution in [2.75, 3.05) is 0 Å². The van der Waals surface area contributed by atoms with Crippen LogP contribution in [0.5, 0.6) is 0 Å². The lowest BCUT2D eigenvalue weighted by molar-refractivity contribution is -0.312. The minimum Gasteiger partial charge on any atom is -0.548 e. The number of hydrogen-bond donors (Lipinski definition) is 0. The fourth-order valence-electron chi connectivity index (χ4n) is 9.35. The van der Waals surface area contributed by atoms with Crippen molar-refractivity contribution < 1.29 is 14.7 Å². The Balaban J connectivity index is 1.41. The van der Waals surface area contributed by atoms with Crippen LogP contribution < -0.4 is 5.11 Å². The molecule has 8 rings (SSSR count). The van der Waals surface area contributed by atoms with E-state index in [1.165, 1.54) is 51.0 Å². The molecule has 0 saturated heterocycles. The fraction of sp³-hybridized carbons (Fsp3) is 0.500. The molecule has 2 aromatic carbocycles. The van der Waals surface area contributed by atoms with E-state index in [2.05, 4.69) is 47.0 Å². The van der Waals surface area contributed by atoms with Gasteiger partial charge in [-0.25, -0.2) is 0 Å². The smallest absolute Gasteiger partial charge is 0.220 e. The molecule has 1 amide bonds. The molecule has 4 fully saturated rings. The molecule has 0 radical (unpaired) electrons. The van der Waals surface area contributed by atoms with Crippen molar-refractivity contribution in [1.29, 1.82) is 0 Å². The second-order valence-electron chi connectivity index (χ2n) is 12.6. The number of hydrogen-bond acceptors (Lipinski definition) is 3. The quantitative estimate of drug-likeness (QED) is 0.508. The number of benzene rings is 2. The van der Waals surface area contributed by atoms with Gasteiger partial charge in [0.25, 0.3) is 0 Å². The van der Waals surface area contributed by atoms with Gasteiger partial charge in [0.2, 0.25) is 5.91 Å². The Hall–Kier alpha value is -3.08. The predicted molar refractivity (Wildman–Crippen MR) is 140 cm³/mol. The topological polar surface area (TPSA) is 65.4 Å². The van der Waals surface area contributed by atoms with Gasteiger partial charge in [0.1, 0.15) is 0 Å². The third-order valence-electron chi connectivity index (χ3n) is 10.1. The summed E-state index contributed by atoms with van der Waals surface area (Å²) in [7, 11) is 0. The first-order chi connectivity index (χ1) is 17.9. The average Bonchev–Trinajstić information content (AvgIpc) is 3.17. The summed E-state index contributed by atoms with van der Waals surface area (Å²) in [5.74, 6) is 1.09. The molecule has 3 aromatic rings. The van der Waals surface area contributed by atoms with Gasteiger partial charge in [-0.1, -0.05) is 48.5 Å². The molecule has 5 aliphatic rings. The molecule has 4 saturated carbocycles. The molecule has 1 aliphatic heterocycles. The number of carboxylic acid groups (broad SMARTS) is 1. The Morgan fingerprint density at radius 2 is 1.54 bits per heavy atom. The van der Waals surface area contributed by atoms with E-state index < -0.39 is 12.0 Å². The standard InChI is InChI=1S/C32H36N2O3/c1-20(35)34-28(31(36)37)14-26-25-9-5-6-10-27(25)33(19-21-7-3-2-4-8-21)30(26)29(34)18-32-15-22-11-23(16-32)13-24(12-22)17-32/h2-10,22-24,28-29H,11-19H2,1H3,(H,36,37)/p-1. The van der Waals surface area contributed by atoms with Crippen molar-refractivity contribution in [3.63, 3.8) is 0 Å². The van der Waals surface area contributed by atoms with Crippen LogP contribution in [-0.4, -0.2) is 27.4 Å². The third kappa shape index (κ3) is 3.72. The van der Waals surface area contributed by atoms with E-state index in [1.807, 2.05) is 12.1 Å². The van der Waals surface area contributed by atoms with Crippen LogP contribution in [0.1, 0.15) is 74.7 Å². The summed E-state index contributed by atoms with van der Waals surface area (Å²) in [5, 5.41) is 13.6. The maximum Gasteiger partial charge on any atom is 0.220 e. The Kier molecular flexibility index (Phi) is 5.28. The van der Waals surface area contributed by atoms with Gasteiger partial charge in [-0.15, -0.1) is 0 Å². The van der Waals surface area contributed by atoms with Crippen molar-refractivity contribution in [2.24, 2.45) is 23.2 Å². The lowest BCUT2D eigenvalue weighted by atomic mass is 9.48. The molecule has 5 heteroatoms. The van der Waals surface area contributed by atoms with Crippen LogP contribution >= 0.6 is 0 Å². The predicted octanol–water partition coefficient (Wildman–Crippen LogP) is 4.86. The largest absolute Gasteiger partial charge is 0.548 e. The second kappa shape index (κ2) is 8.47. The SMILES string of the molecule is CC(=O)N1C(C(=O)[O-])Cc2c(n(Cc3ccccc3)c3ccccc23)C1CC12CC3CC(CC(C3)C1)C2. The zero-order valence-electron chi connectivity index (χ0n) is 21.6. The van der Waals surface area contributed by atoms with Crippen molar-refractivity contribution in [3.8, 4) is 0 Å². The lowest BCUT2D eigenvalue weighted by Gasteiger charge is -2.58. The van der Waals surface area contributed by atoms with E-state index in [9.17, 15) is 14.7 Å². The average molecular weight is 496 g/mol. The van der Waals surface area contributed by atoms with E-state index in [1.54, 1.807) is 4.90 Å². The molecule has 4 bridgehead atoms. The van der Waals surface area contributed by atoms with Crippen LogP contribution in [0.3, 0.4) is 0 Å².